The van der Waals surface area contributed by atoms with Crippen LogP contribution >= 0.6 is 0 Å². The number of anilines is 1. The van der Waals surface area contributed by atoms with E-state index in [0.29, 0.717) is 41.4 Å². The van der Waals surface area contributed by atoms with Crippen molar-refractivity contribution >= 4 is 16.9 Å². The minimum Gasteiger partial charge on any atom is -0.492 e. The van der Waals surface area contributed by atoms with Crippen molar-refractivity contribution in [3.05, 3.63) is 58.6 Å². The first-order chi connectivity index (χ1) is 14.5. The van der Waals surface area contributed by atoms with Crippen LogP contribution in [-0.4, -0.2) is 36.1 Å². The Hall–Kier alpha value is -3.75. The first-order valence-corrected chi connectivity index (χ1v) is 9.77. The third-order valence-corrected chi connectivity index (χ3v) is 4.73. The highest BCUT2D eigenvalue weighted by atomic mass is 16.5. The van der Waals surface area contributed by atoms with Crippen LogP contribution in [-0.2, 0) is 6.54 Å². The average molecular weight is 405 g/mol. The van der Waals surface area contributed by atoms with Crippen molar-refractivity contribution in [2.75, 3.05) is 12.3 Å². The van der Waals surface area contributed by atoms with Gasteiger partial charge in [0.2, 0.25) is 5.95 Å². The van der Waals surface area contributed by atoms with Gasteiger partial charge in [0.15, 0.2) is 0 Å². The summed E-state index contributed by atoms with van der Waals surface area (Å²) in [5.74, 6) is 0.762. The molecule has 2 N–H and O–H groups in total. The number of rotatable bonds is 6. The van der Waals surface area contributed by atoms with Crippen molar-refractivity contribution in [1.82, 2.24) is 29.5 Å². The Bertz CT molecular complexity index is 1260. The lowest BCUT2D eigenvalue weighted by Gasteiger charge is -2.11. The number of nitrogens with zero attached hydrogens (tertiary/aromatic N) is 6. The van der Waals surface area contributed by atoms with Crippen molar-refractivity contribution in [3.8, 4) is 17.1 Å². The highest BCUT2D eigenvalue weighted by molar-refractivity contribution is 5.95. The van der Waals surface area contributed by atoms with Crippen molar-refractivity contribution in [2.24, 2.45) is 0 Å². The van der Waals surface area contributed by atoms with Gasteiger partial charge in [0, 0.05) is 23.2 Å². The van der Waals surface area contributed by atoms with E-state index in [2.05, 4.69) is 20.3 Å². The Morgan fingerprint density at radius 3 is 2.77 bits per heavy atom. The number of ether oxygens (including phenoxy) is 1. The Labute approximate surface area is 173 Å². The highest BCUT2D eigenvalue weighted by Crippen LogP contribution is 2.30. The van der Waals surface area contributed by atoms with Crippen LogP contribution in [0.3, 0.4) is 0 Å². The molecule has 0 aliphatic rings. The number of nitrogen functional groups attached to an aromatic ring is 1. The summed E-state index contributed by atoms with van der Waals surface area (Å²) in [7, 11) is 0. The summed E-state index contributed by atoms with van der Waals surface area (Å²) in [5.41, 5.74) is 8.28. The fraction of sp³-hybridized carbons (Fsp3) is 0.286. The molecule has 0 aliphatic carbocycles. The number of para-hydroxylation sites is 1. The Morgan fingerprint density at radius 2 is 2.00 bits per heavy atom. The first-order valence-electron chi connectivity index (χ1n) is 9.77. The summed E-state index contributed by atoms with van der Waals surface area (Å²) in [6, 6.07) is 9.35. The van der Waals surface area contributed by atoms with Gasteiger partial charge in [-0.3, -0.25) is 4.79 Å². The number of pyridine rings is 1. The number of benzene rings is 1. The second-order valence-corrected chi connectivity index (χ2v) is 7.16. The number of aromatic nitrogens is 6. The zero-order chi connectivity index (χ0) is 21.3. The maximum atomic E-state index is 12.7. The van der Waals surface area contributed by atoms with Gasteiger partial charge < -0.3 is 15.0 Å². The SMILES string of the molecule is CCOc1cccc2c(-c3cn(Cc4cccn(C(C)C)c4=O)nn3)nc(N)nc12. The molecule has 0 spiro atoms. The van der Waals surface area contributed by atoms with Crippen LogP contribution in [0.1, 0.15) is 32.4 Å². The van der Waals surface area contributed by atoms with Gasteiger partial charge in [-0.1, -0.05) is 23.4 Å². The zero-order valence-corrected chi connectivity index (χ0v) is 17.1. The third-order valence-electron chi connectivity index (χ3n) is 4.73. The molecule has 3 aromatic heterocycles. The third kappa shape index (κ3) is 3.61. The van der Waals surface area contributed by atoms with Gasteiger partial charge in [-0.15, -0.1) is 5.10 Å². The fourth-order valence-corrected chi connectivity index (χ4v) is 3.35. The predicted octanol–water partition coefficient (Wildman–Crippen LogP) is 2.66. The minimum atomic E-state index is -0.0392. The van der Waals surface area contributed by atoms with E-state index in [4.69, 9.17) is 10.5 Å². The van der Waals surface area contributed by atoms with Gasteiger partial charge in [-0.25, -0.2) is 14.6 Å². The normalized spacial score (nSPS) is 11.3. The molecule has 9 nitrogen and oxygen atoms in total. The quantitative estimate of drug-likeness (QED) is 0.524. The summed E-state index contributed by atoms with van der Waals surface area (Å²) >= 11 is 0. The lowest BCUT2D eigenvalue weighted by Crippen LogP contribution is -2.25. The standard InChI is InChI=1S/C21H23N7O2/c1-4-30-17-9-5-8-15-18(23-21(22)24-19(15)17)16-12-27(26-25-16)11-14-7-6-10-28(13(2)3)20(14)29/h5-10,12-13H,4,11H2,1-3H3,(H2,22,23,24). The summed E-state index contributed by atoms with van der Waals surface area (Å²) in [6.07, 6.45) is 3.54. The van der Waals surface area contributed by atoms with Crippen LogP contribution in [0, 0.1) is 0 Å². The Morgan fingerprint density at radius 1 is 1.17 bits per heavy atom. The molecule has 0 amide bonds. The Balaban J connectivity index is 1.73. The van der Waals surface area contributed by atoms with Crippen molar-refractivity contribution in [1.29, 1.82) is 0 Å². The van der Waals surface area contributed by atoms with Crippen molar-refractivity contribution in [2.45, 2.75) is 33.4 Å². The number of hydrogen-bond acceptors (Lipinski definition) is 7. The molecule has 1 aromatic carbocycles. The molecule has 4 aromatic rings. The van der Waals surface area contributed by atoms with Crippen LogP contribution in [0.15, 0.2) is 47.5 Å². The summed E-state index contributed by atoms with van der Waals surface area (Å²) < 4.78 is 8.98. The molecule has 0 unspecified atom stereocenters. The molecule has 9 heteroatoms. The monoisotopic (exact) mass is 405 g/mol. The summed E-state index contributed by atoms with van der Waals surface area (Å²) in [6.45, 7) is 6.67. The first kappa shape index (κ1) is 19.6. The molecular weight excluding hydrogens is 382 g/mol. The van der Waals surface area contributed by atoms with Crippen LogP contribution in [0.25, 0.3) is 22.3 Å². The maximum absolute atomic E-state index is 12.7. The summed E-state index contributed by atoms with van der Waals surface area (Å²) in [4.78, 5) is 21.4. The van der Waals surface area contributed by atoms with Gasteiger partial charge in [-0.05, 0) is 32.9 Å². The molecule has 0 atom stereocenters. The number of fused-ring (bicyclic) bond motifs is 1. The van der Waals surface area contributed by atoms with Crippen molar-refractivity contribution < 1.29 is 4.74 Å². The van der Waals surface area contributed by atoms with Gasteiger partial charge in [-0.2, -0.15) is 0 Å². The lowest BCUT2D eigenvalue weighted by molar-refractivity contribution is 0.343. The average Bonchev–Trinajstić information content (AvgIpc) is 3.18. The predicted molar refractivity (Wildman–Crippen MR) is 114 cm³/mol. The number of nitrogens with two attached hydrogens (primary N) is 1. The van der Waals surface area contributed by atoms with E-state index >= 15 is 0 Å². The molecular formula is C21H23N7O2. The minimum absolute atomic E-state index is 0.0392. The largest absolute Gasteiger partial charge is 0.492 e. The molecule has 0 saturated heterocycles. The Kier molecular flexibility index (Phi) is 5.18. The van der Waals surface area contributed by atoms with Gasteiger partial charge in [0.25, 0.3) is 5.56 Å². The van der Waals surface area contributed by atoms with Gasteiger partial charge in [0.1, 0.15) is 22.7 Å². The van der Waals surface area contributed by atoms with Crippen LogP contribution in [0.2, 0.25) is 0 Å². The smallest absolute Gasteiger partial charge is 0.255 e. The van der Waals surface area contributed by atoms with Crippen LogP contribution < -0.4 is 16.0 Å². The second kappa shape index (κ2) is 7.94. The van der Waals surface area contributed by atoms with Crippen LogP contribution in [0.5, 0.6) is 5.75 Å². The van der Waals surface area contributed by atoms with E-state index in [1.54, 1.807) is 27.7 Å². The van der Waals surface area contributed by atoms with E-state index in [0.717, 1.165) is 5.39 Å². The molecule has 0 aliphatic heterocycles. The van der Waals surface area contributed by atoms with E-state index in [1.165, 1.54) is 0 Å². The number of hydrogen-bond donors (Lipinski definition) is 1. The maximum Gasteiger partial charge on any atom is 0.255 e. The van der Waals surface area contributed by atoms with Crippen LogP contribution in [0.4, 0.5) is 5.95 Å². The molecule has 0 radical (unpaired) electrons. The fourth-order valence-electron chi connectivity index (χ4n) is 3.35. The van der Waals surface area contributed by atoms with E-state index in [-0.39, 0.29) is 17.5 Å². The molecule has 4 rings (SSSR count). The molecule has 154 valence electrons. The second-order valence-electron chi connectivity index (χ2n) is 7.16. The molecule has 0 saturated carbocycles. The van der Waals surface area contributed by atoms with Gasteiger partial charge in [0.05, 0.1) is 19.3 Å². The van der Waals surface area contributed by atoms with E-state index in [1.807, 2.05) is 45.0 Å². The highest BCUT2D eigenvalue weighted by Gasteiger charge is 2.16. The van der Waals surface area contributed by atoms with Crippen molar-refractivity contribution in [3.63, 3.8) is 0 Å². The summed E-state index contributed by atoms with van der Waals surface area (Å²) in [5, 5.41) is 9.21. The topological polar surface area (TPSA) is 114 Å². The van der Waals surface area contributed by atoms with E-state index in [9.17, 15) is 4.79 Å². The molecule has 0 bridgehead atoms. The molecule has 3 heterocycles. The van der Waals surface area contributed by atoms with Gasteiger partial charge >= 0.3 is 0 Å². The molecule has 0 fully saturated rings. The van der Waals surface area contributed by atoms with E-state index < -0.39 is 0 Å². The lowest BCUT2D eigenvalue weighted by atomic mass is 10.1. The zero-order valence-electron chi connectivity index (χ0n) is 17.1. The molecule has 30 heavy (non-hydrogen) atoms.